The molecule has 1 N–H and O–H groups in total. The normalized spacial score (nSPS) is 12.8. The second-order valence-corrected chi connectivity index (χ2v) is 8.82. The number of rotatable bonds is 7. The Hall–Kier alpha value is -4.76. The van der Waals surface area contributed by atoms with Crippen LogP contribution in [0.4, 0.5) is 30.7 Å². The number of ether oxygens (including phenoxy) is 1. The van der Waals surface area contributed by atoms with Crippen molar-refractivity contribution in [1.29, 1.82) is 5.41 Å². The molecule has 41 heavy (non-hydrogen) atoms. The van der Waals surface area contributed by atoms with Crippen LogP contribution in [0.2, 0.25) is 0 Å². The molecule has 0 radical (unpaired) electrons. The number of benzene rings is 1. The van der Waals surface area contributed by atoms with Crippen molar-refractivity contribution in [3.05, 3.63) is 71.6 Å². The molecule has 1 aromatic carbocycles. The summed E-state index contributed by atoms with van der Waals surface area (Å²) in [5, 5.41) is 8.46. The van der Waals surface area contributed by atoms with E-state index < -0.39 is 36.0 Å². The summed E-state index contributed by atoms with van der Waals surface area (Å²) in [5.74, 6) is -1.14. The lowest BCUT2D eigenvalue weighted by Crippen LogP contribution is -2.29. The van der Waals surface area contributed by atoms with Crippen molar-refractivity contribution < 1.29 is 35.5 Å². The predicted molar refractivity (Wildman–Crippen MR) is 130 cm³/mol. The molecule has 0 aliphatic rings. The van der Waals surface area contributed by atoms with E-state index in [0.29, 0.717) is 15.7 Å². The highest BCUT2D eigenvalue weighted by Gasteiger charge is 2.34. The highest BCUT2D eigenvalue weighted by Crippen LogP contribution is 2.32. The van der Waals surface area contributed by atoms with Crippen molar-refractivity contribution in [2.75, 3.05) is 7.11 Å². The first-order valence-electron chi connectivity index (χ1n) is 11.7. The summed E-state index contributed by atoms with van der Waals surface area (Å²) < 4.78 is 103. The van der Waals surface area contributed by atoms with E-state index in [9.17, 15) is 30.7 Å². The lowest BCUT2D eigenvalue weighted by atomic mass is 10.1. The van der Waals surface area contributed by atoms with E-state index >= 15 is 0 Å². The Kier molecular flexibility index (Phi) is 7.00. The standard InChI is InChI=1S/C25H19F7N8O/c1-38-11-16(25(30,31)32)36-21(38)13-5-3-12(4-6-13)10-39-22-15(40(24(39)33)19(29)18(27)28)9-35-20(37-22)17-14(26)7-8-34-23(17)41-2/h3-9,11,18-19,33H,10H2,1-2H3. The van der Waals surface area contributed by atoms with Gasteiger partial charge in [0.2, 0.25) is 17.8 Å². The van der Waals surface area contributed by atoms with Crippen molar-refractivity contribution in [2.24, 2.45) is 7.05 Å². The van der Waals surface area contributed by atoms with E-state index in [4.69, 9.17) is 10.1 Å². The van der Waals surface area contributed by atoms with Crippen LogP contribution in [0.25, 0.3) is 33.9 Å². The van der Waals surface area contributed by atoms with Crippen molar-refractivity contribution in [1.82, 2.24) is 33.6 Å². The maximum absolute atomic E-state index is 14.7. The first-order chi connectivity index (χ1) is 19.4. The molecule has 4 aromatic heterocycles. The molecule has 0 fully saturated rings. The third-order valence-electron chi connectivity index (χ3n) is 6.21. The predicted octanol–water partition coefficient (Wildman–Crippen LogP) is 5.12. The number of nitrogens with zero attached hydrogens (tertiary/aromatic N) is 7. The van der Waals surface area contributed by atoms with E-state index in [0.717, 1.165) is 29.2 Å². The zero-order valence-electron chi connectivity index (χ0n) is 21.2. The monoisotopic (exact) mass is 580 g/mol. The summed E-state index contributed by atoms with van der Waals surface area (Å²) in [6.45, 7) is -0.184. The molecular formula is C25H19F7N8O. The Labute approximate surface area is 226 Å². The smallest absolute Gasteiger partial charge is 0.434 e. The summed E-state index contributed by atoms with van der Waals surface area (Å²) >= 11 is 0. The zero-order valence-corrected chi connectivity index (χ0v) is 21.2. The number of fused-ring (bicyclic) bond motifs is 1. The molecule has 1 atom stereocenters. The van der Waals surface area contributed by atoms with Gasteiger partial charge < -0.3 is 9.30 Å². The Bertz CT molecular complexity index is 1790. The zero-order chi connectivity index (χ0) is 29.6. The van der Waals surface area contributed by atoms with Gasteiger partial charge in [0.15, 0.2) is 17.2 Å². The van der Waals surface area contributed by atoms with Crippen LogP contribution in [0.1, 0.15) is 17.6 Å². The molecule has 1 unspecified atom stereocenters. The van der Waals surface area contributed by atoms with Crippen LogP contribution < -0.4 is 10.4 Å². The molecule has 214 valence electrons. The number of aromatic nitrogens is 7. The number of halogens is 7. The molecule has 0 saturated heterocycles. The molecule has 0 aliphatic carbocycles. The van der Waals surface area contributed by atoms with Gasteiger partial charge in [-0.2, -0.15) is 13.2 Å². The third-order valence-corrected chi connectivity index (χ3v) is 6.21. The number of methoxy groups -OCH3 is 1. The van der Waals surface area contributed by atoms with Crippen LogP contribution in [0, 0.1) is 11.2 Å². The summed E-state index contributed by atoms with van der Waals surface area (Å²) in [4.78, 5) is 15.8. The van der Waals surface area contributed by atoms with E-state index in [1.54, 1.807) is 0 Å². The van der Waals surface area contributed by atoms with E-state index in [1.807, 2.05) is 0 Å². The number of hydrogen-bond donors (Lipinski definition) is 1. The number of alkyl halides is 6. The van der Waals surface area contributed by atoms with Crippen LogP contribution in [-0.2, 0) is 19.8 Å². The maximum Gasteiger partial charge on any atom is 0.434 e. The number of hydrogen-bond acceptors (Lipinski definition) is 6. The van der Waals surface area contributed by atoms with Gasteiger partial charge in [0, 0.05) is 25.0 Å². The largest absolute Gasteiger partial charge is 0.480 e. The Balaban J connectivity index is 1.60. The quantitative estimate of drug-likeness (QED) is 0.270. The Morgan fingerprint density at radius 3 is 2.34 bits per heavy atom. The number of pyridine rings is 1. The van der Waals surface area contributed by atoms with Crippen LogP contribution in [0.3, 0.4) is 0 Å². The average molecular weight is 580 g/mol. The lowest BCUT2D eigenvalue weighted by Gasteiger charge is -2.10. The molecular weight excluding hydrogens is 561 g/mol. The minimum atomic E-state index is -4.62. The molecule has 0 aliphatic heterocycles. The van der Waals surface area contributed by atoms with Crippen molar-refractivity contribution in [3.8, 4) is 28.7 Å². The second-order valence-electron chi connectivity index (χ2n) is 8.82. The molecule has 0 bridgehead atoms. The molecule has 5 aromatic rings. The van der Waals surface area contributed by atoms with Crippen molar-refractivity contribution >= 4 is 11.2 Å². The first kappa shape index (κ1) is 27.8. The molecule has 0 saturated carbocycles. The van der Waals surface area contributed by atoms with Gasteiger partial charge in [0.1, 0.15) is 22.7 Å². The first-order valence-corrected chi connectivity index (χ1v) is 11.7. The third kappa shape index (κ3) is 5.00. The fourth-order valence-electron chi connectivity index (χ4n) is 4.30. The number of aryl methyl sites for hydroxylation is 1. The maximum atomic E-state index is 14.7. The summed E-state index contributed by atoms with van der Waals surface area (Å²) in [6.07, 6.45) is -7.99. The van der Waals surface area contributed by atoms with Crippen LogP contribution in [0.15, 0.2) is 48.9 Å². The fourth-order valence-corrected chi connectivity index (χ4v) is 4.30. The molecule has 16 heteroatoms. The number of imidazole rings is 2. The summed E-state index contributed by atoms with van der Waals surface area (Å²) in [6, 6.07) is 7.08. The average Bonchev–Trinajstić information content (AvgIpc) is 3.45. The highest BCUT2D eigenvalue weighted by atomic mass is 19.4. The van der Waals surface area contributed by atoms with E-state index in [2.05, 4.69) is 19.9 Å². The van der Waals surface area contributed by atoms with Gasteiger partial charge in [0.25, 0.3) is 6.43 Å². The number of nitrogens with one attached hydrogen (secondary N) is 1. The van der Waals surface area contributed by atoms with Crippen LogP contribution in [-0.4, -0.2) is 47.2 Å². The van der Waals surface area contributed by atoms with Gasteiger partial charge >= 0.3 is 6.18 Å². The fraction of sp³-hybridized carbons (Fsp3) is 0.240. The van der Waals surface area contributed by atoms with Gasteiger partial charge in [-0.1, -0.05) is 24.3 Å². The summed E-state index contributed by atoms with van der Waals surface area (Å²) in [7, 11) is 2.66. The highest BCUT2D eigenvalue weighted by molar-refractivity contribution is 5.75. The molecule has 0 spiro atoms. The molecule has 0 amide bonds. The van der Waals surface area contributed by atoms with Crippen LogP contribution >= 0.6 is 0 Å². The van der Waals surface area contributed by atoms with Gasteiger partial charge in [0.05, 0.1) is 19.9 Å². The second kappa shape index (κ2) is 10.3. The van der Waals surface area contributed by atoms with Gasteiger partial charge in [-0.3, -0.25) is 14.5 Å². The molecule has 4 heterocycles. The Morgan fingerprint density at radius 2 is 1.73 bits per heavy atom. The van der Waals surface area contributed by atoms with Crippen molar-refractivity contribution in [2.45, 2.75) is 25.4 Å². The summed E-state index contributed by atoms with van der Waals surface area (Å²) in [5.41, 5.74) is -1.55. The van der Waals surface area contributed by atoms with E-state index in [1.165, 1.54) is 43.0 Å². The SMILES string of the molecule is COc1nccc(F)c1-c1ncc2c(n1)n(Cc1ccc(-c3nc(C(F)(F)F)cn3C)cc1)c(=N)n2C(F)C(F)F. The minimum Gasteiger partial charge on any atom is -0.480 e. The van der Waals surface area contributed by atoms with E-state index in [-0.39, 0.29) is 40.8 Å². The molecule has 5 rings (SSSR count). The van der Waals surface area contributed by atoms with Gasteiger partial charge in [-0.25, -0.2) is 37.5 Å². The van der Waals surface area contributed by atoms with Gasteiger partial charge in [-0.15, -0.1) is 0 Å². The molecule has 9 nitrogen and oxygen atoms in total. The van der Waals surface area contributed by atoms with Gasteiger partial charge in [-0.05, 0) is 11.6 Å². The minimum absolute atomic E-state index is 0.0522. The van der Waals surface area contributed by atoms with Crippen molar-refractivity contribution in [3.63, 3.8) is 0 Å². The topological polar surface area (TPSA) is 99.4 Å². The lowest BCUT2D eigenvalue weighted by molar-refractivity contribution is -0.140. The van der Waals surface area contributed by atoms with Crippen LogP contribution in [0.5, 0.6) is 5.88 Å². The Morgan fingerprint density at radius 1 is 1.02 bits per heavy atom.